The van der Waals surface area contributed by atoms with Crippen molar-refractivity contribution >= 4 is 128 Å². The van der Waals surface area contributed by atoms with Crippen LogP contribution in [-0.2, 0) is 28.8 Å². The van der Waals surface area contributed by atoms with E-state index in [1.807, 2.05) is 75.3 Å². The van der Waals surface area contributed by atoms with Crippen LogP contribution in [0.5, 0.6) is 0 Å². The van der Waals surface area contributed by atoms with Gasteiger partial charge in [-0.2, -0.15) is 0 Å². The summed E-state index contributed by atoms with van der Waals surface area (Å²) in [5, 5.41) is 21.0. The standard InChI is InChI=1S/C9H14Br3NO.C9H16N2O.C9H17NO.C8H15NO.C8H17N.C3H6O.C2H4O2.Br2.BrO.K.H2N2.2H3N.Na.2H2O.H2/c1-8(2)6(10)5(14)7(11)9(3,4)13(8)12;1-8(2)5-6(7(10)12)9(3,4)11-8;1-8(2)5-7(11)6-9(3,4)10-8;1-7(2)5-6(10)8(3,4)9-7;1-7(2)5-6-8(3,4)9-7;1-3(2)4;1-2(3)4;2*1-2;;1-2;;;;;;/h6-7H,1-4H3;5,11H,1-4H3,(H2,10,12);10H,5-6H2,1-4H3;9H,5H2,1-4H3;9H,5-6H2,1-4H3;1-2H3;1H3,(H,3,4);;;;1-2H;2*1H3;;2*1H2;1H/q;;;;;;;;-1;+1;;;;+1;;;/p-1. The van der Waals surface area contributed by atoms with E-state index in [1.54, 1.807) is 16.3 Å². The Morgan fingerprint density at radius 3 is 1.05 bits per heavy atom. The number of ketones is 4. The maximum absolute atomic E-state index is 12.0. The number of alkyl halides is 2. The van der Waals surface area contributed by atoms with Crippen molar-refractivity contribution in [2.45, 2.75) is 256 Å². The molecule has 4 saturated heterocycles. The Labute approximate surface area is 573 Å². The molecule has 5 rings (SSSR count). The molecule has 0 aromatic rings. The van der Waals surface area contributed by atoms with Crippen molar-refractivity contribution in [2.75, 3.05) is 0 Å². The number of nitrogens with two attached hydrogens (primary N) is 1. The second-order valence-electron chi connectivity index (χ2n) is 23.9. The van der Waals surface area contributed by atoms with Crippen LogP contribution < -0.4 is 124 Å². The molecule has 28 heteroatoms. The van der Waals surface area contributed by atoms with Crippen molar-refractivity contribution in [1.82, 2.24) is 37.5 Å². The second kappa shape index (κ2) is 42.8. The van der Waals surface area contributed by atoms with Crippen LogP contribution in [-0.4, -0.2) is 120 Å². The van der Waals surface area contributed by atoms with Gasteiger partial charge >= 0.3 is 80.9 Å². The SMILES string of the molecule is BrBr.CC(=O)O.CC(C)=O.CC1(C)C(Br)C(=O)C(Br)C(C)(C)N1Br.CC1(C)C=C(C(N)=O)C(C)(C)N1.CC1(C)CC(=O)C(C)(C)N1.CC1(C)CC(=O)CC(C)(C)N1.CC1(C)CCC(C)(C)N1.N.N.N=N.O.[HH].[K+].[Na+].[O-]Br.[OH-]. The van der Waals surface area contributed by atoms with Crippen LogP contribution in [0, 0.1) is 11.1 Å². The van der Waals surface area contributed by atoms with Gasteiger partial charge in [0, 0.05) is 127 Å². The molecule has 0 saturated carbocycles. The van der Waals surface area contributed by atoms with Gasteiger partial charge in [0.1, 0.15) is 11.6 Å². The molecule has 0 bridgehead atoms. The van der Waals surface area contributed by atoms with Crippen LogP contribution in [0.2, 0.25) is 0 Å². The molecule has 0 aliphatic carbocycles. The summed E-state index contributed by atoms with van der Waals surface area (Å²) in [4.78, 5) is 63.6. The minimum absolute atomic E-state index is 0. The number of aliphatic carboxylic acids is 1. The molecule has 5 heterocycles. The number of halogens is 6. The van der Waals surface area contributed by atoms with Crippen molar-refractivity contribution < 1.29 is 131 Å². The van der Waals surface area contributed by atoms with E-state index in [1.165, 1.54) is 26.7 Å². The Kier molecular flexibility index (Phi) is 58.1. The van der Waals surface area contributed by atoms with Crippen LogP contribution in [0.3, 0.4) is 0 Å². The molecule has 0 aromatic carbocycles. The predicted molar refractivity (Wildman–Crippen MR) is 325 cm³/mol. The van der Waals surface area contributed by atoms with E-state index in [2.05, 4.69) is 171 Å². The number of Topliss-reactive ketones (excluding diaryl/α,β-unsaturated/α-hetero) is 4. The van der Waals surface area contributed by atoms with Crippen LogP contribution in [0.4, 0.5) is 0 Å². The maximum atomic E-state index is 12.0. The van der Waals surface area contributed by atoms with Crippen molar-refractivity contribution in [3.63, 3.8) is 0 Å². The van der Waals surface area contributed by atoms with Gasteiger partial charge < -0.3 is 53.7 Å². The van der Waals surface area contributed by atoms with Crippen molar-refractivity contribution in [3.8, 4) is 0 Å². The summed E-state index contributed by atoms with van der Waals surface area (Å²) in [5.41, 5.74) is 15.5. The number of rotatable bonds is 1. The zero-order chi connectivity index (χ0) is 57.8. The number of carbonyl (C=O) groups excluding carboxylic acids is 5. The fraction of sp³-hybridized carbons (Fsp3) is 0.833. The van der Waals surface area contributed by atoms with E-state index < -0.39 is 5.97 Å². The van der Waals surface area contributed by atoms with Crippen molar-refractivity contribution in [1.29, 1.82) is 11.1 Å². The summed E-state index contributed by atoms with van der Waals surface area (Å²) < 4.78 is 10.1. The molecule has 5 aliphatic rings. The summed E-state index contributed by atoms with van der Waals surface area (Å²) >= 11 is 17.7. The summed E-state index contributed by atoms with van der Waals surface area (Å²) in [6.07, 6.45) is 6.49. The Hall–Kier alpha value is 2.08. The predicted octanol–water partition coefficient (Wildman–Crippen LogP) is 4.56. The Balaban J connectivity index is -0.0000000635. The van der Waals surface area contributed by atoms with E-state index in [4.69, 9.17) is 30.9 Å². The molecular weight excluding hydrogens is 1420 g/mol. The minimum atomic E-state index is -0.833. The third kappa shape index (κ3) is 42.0. The largest absolute Gasteiger partial charge is 1.00 e. The Morgan fingerprint density at radius 1 is 0.645 bits per heavy atom. The smallest absolute Gasteiger partial charge is 0.870 e. The molecule has 448 valence electrons. The monoisotopic (exact) mass is 1510 g/mol. The van der Waals surface area contributed by atoms with Gasteiger partial charge in [-0.3, -0.25) is 34.6 Å². The first-order valence-corrected chi connectivity index (χ1v) is 29.5. The second-order valence-corrected chi connectivity index (χ2v) is 26.5. The third-order valence-electron chi connectivity index (χ3n) is 10.8. The minimum Gasteiger partial charge on any atom is -0.870 e. The fourth-order valence-corrected chi connectivity index (χ4v) is 11.1. The van der Waals surface area contributed by atoms with Gasteiger partial charge in [-0.15, -0.1) is 0 Å². The number of hydrogen-bond donors (Lipinski definition) is 10. The maximum Gasteiger partial charge on any atom is 1.00 e. The molecular formula is C48H102Br6KN10NaO10. The Bertz CT molecular complexity index is 1690. The van der Waals surface area contributed by atoms with Gasteiger partial charge in [0.2, 0.25) is 5.91 Å². The van der Waals surface area contributed by atoms with Crippen molar-refractivity contribution in [2.24, 2.45) is 5.73 Å². The number of carboxylic acid groups (broad SMARTS) is 1. The normalized spacial score (nSPS) is 23.3. The third-order valence-corrected chi connectivity index (χ3v) is 15.8. The number of carbonyl (C=O) groups is 6. The van der Waals surface area contributed by atoms with Crippen LogP contribution in [0.25, 0.3) is 0 Å². The number of carboxylic acids is 1. The zero-order valence-electron chi connectivity index (χ0n) is 50.7. The van der Waals surface area contributed by atoms with Gasteiger partial charge in [-0.25, -0.2) is 31.2 Å². The first-order chi connectivity index (χ1) is 30.9. The number of nitrogens with zero attached hydrogens (tertiary/aromatic N) is 1. The van der Waals surface area contributed by atoms with Gasteiger partial charge in [0.05, 0.1) is 15.2 Å². The van der Waals surface area contributed by atoms with Gasteiger partial charge in [-0.05, 0) is 165 Å². The summed E-state index contributed by atoms with van der Waals surface area (Å²) in [5.74, 6) is -0.106. The quantitative estimate of drug-likeness (QED) is 0.0744. The Morgan fingerprint density at radius 2 is 0.908 bits per heavy atom. The van der Waals surface area contributed by atoms with Gasteiger partial charge in [0.15, 0.2) is 11.6 Å². The number of primary amides is 1. The molecule has 0 radical (unpaired) electrons. The molecule has 2 unspecified atom stereocenters. The molecule has 0 spiro atoms. The molecule has 76 heavy (non-hydrogen) atoms. The molecule has 0 aromatic heterocycles. The molecule has 20 nitrogen and oxygen atoms in total. The first kappa shape index (κ1) is 103. The average Bonchev–Trinajstić information content (AvgIpc) is 3.64. The molecule has 2 atom stereocenters. The average molecular weight is 1520 g/mol. The van der Waals surface area contributed by atoms with Crippen molar-refractivity contribution in [3.05, 3.63) is 11.6 Å². The molecule has 18 N–H and O–H groups in total. The molecule has 5 aliphatic heterocycles. The van der Waals surface area contributed by atoms with E-state index >= 15 is 0 Å². The van der Waals surface area contributed by atoms with Gasteiger partial charge in [0.25, 0.3) is 5.97 Å². The van der Waals surface area contributed by atoms with Gasteiger partial charge in [-0.1, -0.05) is 37.9 Å². The summed E-state index contributed by atoms with van der Waals surface area (Å²) in [6.45, 7) is 45.6. The van der Waals surface area contributed by atoms with E-state index in [-0.39, 0.29) is 177 Å². The summed E-state index contributed by atoms with van der Waals surface area (Å²) in [6, 6.07) is 0. The summed E-state index contributed by atoms with van der Waals surface area (Å²) in [7, 11) is 0. The topological polar surface area (TPSA) is 402 Å². The number of nitrogens with one attached hydrogen (secondary N) is 6. The number of hydrogen-bond acceptors (Lipinski definition) is 17. The number of amides is 1. The van der Waals surface area contributed by atoms with Crippen LogP contribution in [0.15, 0.2) is 11.6 Å². The first-order valence-electron chi connectivity index (χ1n) is 22.6. The van der Waals surface area contributed by atoms with Crippen LogP contribution >= 0.6 is 92.5 Å². The zero-order valence-corrected chi connectivity index (χ0v) is 65.4. The van der Waals surface area contributed by atoms with E-state index in [9.17, 15) is 24.0 Å². The molecule has 1 amide bonds. The van der Waals surface area contributed by atoms with Crippen LogP contribution in [0.1, 0.15) is 193 Å². The number of piperidine rings is 2. The van der Waals surface area contributed by atoms with E-state index in [0.717, 1.165) is 6.92 Å². The fourth-order valence-electron chi connectivity index (χ4n) is 8.90. The van der Waals surface area contributed by atoms with E-state index in [0.29, 0.717) is 47.5 Å². The molecule has 4 fully saturated rings.